The molecule has 1 heteroatoms. The van der Waals surface area contributed by atoms with Crippen LogP contribution in [-0.4, -0.2) is 0 Å². The van der Waals surface area contributed by atoms with Gasteiger partial charge in [-0.05, 0) is 60.1 Å². The van der Waals surface area contributed by atoms with E-state index in [1.807, 2.05) is 0 Å². The van der Waals surface area contributed by atoms with E-state index >= 15 is 0 Å². The summed E-state index contributed by atoms with van der Waals surface area (Å²) in [5, 5.41) is 0. The van der Waals surface area contributed by atoms with Crippen LogP contribution in [0.15, 0.2) is 42.5 Å². The Labute approximate surface area is 154 Å². The highest BCUT2D eigenvalue weighted by Crippen LogP contribution is 2.30. The van der Waals surface area contributed by atoms with E-state index in [1.54, 1.807) is 0 Å². The van der Waals surface area contributed by atoms with E-state index in [1.165, 1.54) is 73.6 Å². The van der Waals surface area contributed by atoms with Crippen LogP contribution in [0.4, 0.5) is 5.69 Å². The molecule has 0 unspecified atom stereocenters. The number of nitrogens with two attached hydrogens (primary N) is 1. The van der Waals surface area contributed by atoms with Crippen molar-refractivity contribution < 1.29 is 0 Å². The van der Waals surface area contributed by atoms with Crippen molar-refractivity contribution in [2.45, 2.75) is 78.1 Å². The van der Waals surface area contributed by atoms with Crippen molar-refractivity contribution >= 4 is 5.69 Å². The van der Waals surface area contributed by atoms with Gasteiger partial charge < -0.3 is 5.73 Å². The number of rotatable bonds is 11. The summed E-state index contributed by atoms with van der Waals surface area (Å²) < 4.78 is 0. The Morgan fingerprint density at radius 2 is 1.16 bits per heavy atom. The van der Waals surface area contributed by atoms with Gasteiger partial charge >= 0.3 is 0 Å². The fraction of sp³-hybridized carbons (Fsp3) is 0.500. The van der Waals surface area contributed by atoms with Crippen molar-refractivity contribution in [3.8, 4) is 11.1 Å². The standard InChI is InChI=1S/C24H35N/c1-3-5-7-10-16-21-18-23(20-14-12-9-13-15-20)19-22(24(21)25)17-11-8-6-4-2/h9,12-15,18-19H,3-8,10-11,16-17,25H2,1-2H3. The van der Waals surface area contributed by atoms with Gasteiger partial charge in [0.05, 0.1) is 0 Å². The molecule has 0 heterocycles. The second-order valence-corrected chi connectivity index (χ2v) is 7.20. The molecule has 0 radical (unpaired) electrons. The summed E-state index contributed by atoms with van der Waals surface area (Å²) >= 11 is 0. The number of aryl methyl sites for hydroxylation is 2. The SMILES string of the molecule is CCCCCCc1cc(-c2ccccc2)cc(CCCCCC)c1N. The highest BCUT2D eigenvalue weighted by Gasteiger charge is 2.10. The third kappa shape index (κ3) is 6.23. The van der Waals surface area contributed by atoms with Crippen LogP contribution in [0.2, 0.25) is 0 Å². The normalized spacial score (nSPS) is 11.0. The molecule has 0 bridgehead atoms. The number of hydrogen-bond acceptors (Lipinski definition) is 1. The average molecular weight is 338 g/mol. The predicted molar refractivity (Wildman–Crippen MR) is 112 cm³/mol. The molecule has 0 saturated heterocycles. The molecule has 2 aromatic carbocycles. The van der Waals surface area contributed by atoms with Crippen LogP contribution < -0.4 is 5.73 Å². The van der Waals surface area contributed by atoms with Crippen LogP contribution in [0.25, 0.3) is 11.1 Å². The van der Waals surface area contributed by atoms with Crippen LogP contribution in [0.1, 0.15) is 76.3 Å². The molecule has 0 aromatic heterocycles. The van der Waals surface area contributed by atoms with E-state index < -0.39 is 0 Å². The molecule has 0 aliphatic heterocycles. The monoisotopic (exact) mass is 337 g/mol. The lowest BCUT2D eigenvalue weighted by Gasteiger charge is -2.15. The van der Waals surface area contributed by atoms with Gasteiger partial charge in [0, 0.05) is 5.69 Å². The molecule has 2 rings (SSSR count). The maximum Gasteiger partial charge on any atom is 0.0379 e. The van der Waals surface area contributed by atoms with Gasteiger partial charge in [0.15, 0.2) is 0 Å². The maximum absolute atomic E-state index is 6.56. The first-order valence-corrected chi connectivity index (χ1v) is 10.2. The molecule has 1 nitrogen and oxygen atoms in total. The van der Waals surface area contributed by atoms with Gasteiger partial charge in [0.1, 0.15) is 0 Å². The molecule has 0 saturated carbocycles. The van der Waals surface area contributed by atoms with E-state index in [0.717, 1.165) is 18.5 Å². The maximum atomic E-state index is 6.56. The van der Waals surface area contributed by atoms with Crippen LogP contribution in [-0.2, 0) is 12.8 Å². The first-order valence-electron chi connectivity index (χ1n) is 10.2. The van der Waals surface area contributed by atoms with E-state index in [0.29, 0.717) is 0 Å². The molecule has 0 aliphatic rings. The van der Waals surface area contributed by atoms with Gasteiger partial charge in [-0.2, -0.15) is 0 Å². The van der Waals surface area contributed by atoms with E-state index in [-0.39, 0.29) is 0 Å². The van der Waals surface area contributed by atoms with E-state index in [2.05, 4.69) is 56.3 Å². The first-order chi connectivity index (χ1) is 12.3. The van der Waals surface area contributed by atoms with Crippen molar-refractivity contribution in [1.29, 1.82) is 0 Å². The second-order valence-electron chi connectivity index (χ2n) is 7.20. The van der Waals surface area contributed by atoms with E-state index in [9.17, 15) is 0 Å². The number of hydrogen-bond donors (Lipinski definition) is 1. The van der Waals surface area contributed by atoms with Crippen molar-refractivity contribution in [3.05, 3.63) is 53.6 Å². The van der Waals surface area contributed by atoms with Crippen LogP contribution in [0, 0.1) is 0 Å². The number of benzene rings is 2. The molecule has 136 valence electrons. The molecule has 2 N–H and O–H groups in total. The summed E-state index contributed by atoms with van der Waals surface area (Å²) in [5.41, 5.74) is 12.9. The van der Waals surface area contributed by atoms with Crippen LogP contribution in [0.5, 0.6) is 0 Å². The highest BCUT2D eigenvalue weighted by molar-refractivity contribution is 5.70. The molecule has 0 aliphatic carbocycles. The first kappa shape index (κ1) is 19.6. The van der Waals surface area contributed by atoms with Gasteiger partial charge in [0.25, 0.3) is 0 Å². The zero-order chi connectivity index (χ0) is 17.9. The quantitative estimate of drug-likeness (QED) is 0.341. The fourth-order valence-corrected chi connectivity index (χ4v) is 3.47. The Hall–Kier alpha value is -1.76. The minimum atomic E-state index is 1.05. The summed E-state index contributed by atoms with van der Waals surface area (Å²) in [6.45, 7) is 4.53. The van der Waals surface area contributed by atoms with Crippen molar-refractivity contribution in [1.82, 2.24) is 0 Å². The fourth-order valence-electron chi connectivity index (χ4n) is 3.47. The molecule has 0 amide bonds. The minimum absolute atomic E-state index is 1.05. The zero-order valence-electron chi connectivity index (χ0n) is 16.2. The van der Waals surface area contributed by atoms with Crippen molar-refractivity contribution in [3.63, 3.8) is 0 Å². The molecule has 0 fully saturated rings. The number of nitrogen functional groups attached to an aromatic ring is 1. The lowest BCUT2D eigenvalue weighted by atomic mass is 9.93. The van der Waals surface area contributed by atoms with Crippen molar-refractivity contribution in [2.24, 2.45) is 0 Å². The molecule has 0 spiro atoms. The third-order valence-electron chi connectivity index (χ3n) is 5.06. The zero-order valence-corrected chi connectivity index (χ0v) is 16.2. The summed E-state index contributed by atoms with van der Waals surface area (Å²) in [5.74, 6) is 0. The smallest absolute Gasteiger partial charge is 0.0379 e. The van der Waals surface area contributed by atoms with Gasteiger partial charge in [-0.1, -0.05) is 82.7 Å². The number of unbranched alkanes of at least 4 members (excludes halogenated alkanes) is 6. The molecular weight excluding hydrogens is 302 g/mol. The topological polar surface area (TPSA) is 26.0 Å². The number of anilines is 1. The van der Waals surface area contributed by atoms with Crippen LogP contribution >= 0.6 is 0 Å². The molecule has 0 atom stereocenters. The van der Waals surface area contributed by atoms with E-state index in [4.69, 9.17) is 5.73 Å². The largest absolute Gasteiger partial charge is 0.398 e. The Morgan fingerprint density at radius 3 is 1.64 bits per heavy atom. The Morgan fingerprint density at radius 1 is 0.640 bits per heavy atom. The third-order valence-corrected chi connectivity index (χ3v) is 5.06. The Bertz CT molecular complexity index is 582. The molecule has 25 heavy (non-hydrogen) atoms. The minimum Gasteiger partial charge on any atom is -0.398 e. The lowest BCUT2D eigenvalue weighted by Crippen LogP contribution is -2.02. The van der Waals surface area contributed by atoms with Crippen molar-refractivity contribution in [2.75, 3.05) is 5.73 Å². The lowest BCUT2D eigenvalue weighted by molar-refractivity contribution is 0.662. The Kier molecular flexibility index (Phi) is 8.59. The summed E-state index contributed by atoms with van der Waals surface area (Å²) in [4.78, 5) is 0. The molecular formula is C24H35N. The highest BCUT2D eigenvalue weighted by atomic mass is 14.6. The molecule has 2 aromatic rings. The summed E-state index contributed by atoms with van der Waals surface area (Å²) in [6.07, 6.45) is 12.5. The van der Waals surface area contributed by atoms with Gasteiger partial charge in [-0.3, -0.25) is 0 Å². The summed E-state index contributed by atoms with van der Waals surface area (Å²) in [6, 6.07) is 15.4. The second kappa shape index (κ2) is 11.0. The van der Waals surface area contributed by atoms with Crippen LogP contribution in [0.3, 0.4) is 0 Å². The summed E-state index contributed by atoms with van der Waals surface area (Å²) in [7, 11) is 0. The van der Waals surface area contributed by atoms with Gasteiger partial charge in [-0.15, -0.1) is 0 Å². The van der Waals surface area contributed by atoms with Gasteiger partial charge in [-0.25, -0.2) is 0 Å². The average Bonchev–Trinajstić information content (AvgIpc) is 2.65. The van der Waals surface area contributed by atoms with Gasteiger partial charge in [0.2, 0.25) is 0 Å². The predicted octanol–water partition coefficient (Wildman–Crippen LogP) is 7.18. The Balaban J connectivity index is 2.20.